The van der Waals surface area contributed by atoms with Gasteiger partial charge in [0.2, 0.25) is 0 Å². The number of aromatic nitrogens is 1. The van der Waals surface area contributed by atoms with Crippen LogP contribution in [-0.4, -0.2) is 18.0 Å². The zero-order chi connectivity index (χ0) is 18.6. The van der Waals surface area contributed by atoms with Crippen molar-refractivity contribution in [3.63, 3.8) is 0 Å². The molecule has 0 aliphatic carbocycles. The monoisotopic (exact) mass is 350 g/mol. The topological polar surface area (TPSA) is 87.0 Å². The van der Waals surface area contributed by atoms with Crippen molar-refractivity contribution in [2.75, 3.05) is 12.5 Å². The normalized spacial score (nSPS) is 10.7. The van der Waals surface area contributed by atoms with Gasteiger partial charge in [0.25, 0.3) is 5.91 Å². The molecule has 0 saturated carbocycles. The first-order valence-corrected chi connectivity index (χ1v) is 6.95. The van der Waals surface area contributed by atoms with Gasteiger partial charge < -0.3 is 4.74 Å². The lowest BCUT2D eigenvalue weighted by atomic mass is 10.1. The van der Waals surface area contributed by atoms with Gasteiger partial charge in [-0.15, -0.1) is 0 Å². The fraction of sp³-hybridized carbons (Fsp3) is 0.188. The minimum absolute atomic E-state index is 0.0486. The van der Waals surface area contributed by atoms with Crippen LogP contribution in [0, 0.1) is 18.3 Å². The molecule has 0 bridgehead atoms. The summed E-state index contributed by atoms with van der Waals surface area (Å²) in [7, 11) is 1.47. The van der Waals surface area contributed by atoms with Gasteiger partial charge in [-0.2, -0.15) is 18.4 Å². The van der Waals surface area contributed by atoms with Gasteiger partial charge in [0.05, 0.1) is 12.7 Å². The molecule has 2 rings (SSSR count). The number of ether oxygens (including phenoxy) is 1. The Balaban J connectivity index is 2.24. The first kappa shape index (κ1) is 18.1. The minimum Gasteiger partial charge on any atom is -0.497 e. The average Bonchev–Trinajstić information content (AvgIpc) is 2.58. The Kier molecular flexibility index (Phi) is 5.12. The Morgan fingerprint density at radius 1 is 1.28 bits per heavy atom. The molecule has 1 heterocycles. The summed E-state index contributed by atoms with van der Waals surface area (Å²) in [6, 6.07) is 8.31. The molecule has 2 aromatic rings. The number of rotatable bonds is 4. The molecular formula is C16H13F3N4O2. The molecule has 1 aromatic carbocycles. The van der Waals surface area contributed by atoms with E-state index >= 15 is 0 Å². The van der Waals surface area contributed by atoms with E-state index < -0.39 is 23.2 Å². The third-order valence-corrected chi connectivity index (χ3v) is 3.21. The standard InChI is InChI=1S/C16H13F3N4O2/c1-9-7-13(16(17,18)19)12(8-20)14(21-9)22-23-15(24)10-3-5-11(25-2)6-4-10/h3-7H,1-2H3,(H,21,22)(H,23,24). The number of pyridine rings is 1. The third kappa shape index (κ3) is 4.17. The number of hydrogen-bond donors (Lipinski definition) is 2. The Morgan fingerprint density at radius 3 is 2.44 bits per heavy atom. The molecular weight excluding hydrogens is 337 g/mol. The van der Waals surface area contributed by atoms with E-state index in [1.54, 1.807) is 12.1 Å². The van der Waals surface area contributed by atoms with E-state index in [0.29, 0.717) is 5.75 Å². The van der Waals surface area contributed by atoms with Gasteiger partial charge in [0, 0.05) is 11.3 Å². The van der Waals surface area contributed by atoms with Crippen LogP contribution in [0.5, 0.6) is 5.75 Å². The molecule has 0 aliphatic heterocycles. The SMILES string of the molecule is COc1ccc(C(=O)NNc2nc(C)cc(C(F)(F)F)c2C#N)cc1. The zero-order valence-corrected chi connectivity index (χ0v) is 13.2. The first-order chi connectivity index (χ1) is 11.8. The van der Waals surface area contributed by atoms with E-state index in [4.69, 9.17) is 10.00 Å². The minimum atomic E-state index is -4.71. The van der Waals surface area contributed by atoms with E-state index in [2.05, 4.69) is 15.8 Å². The summed E-state index contributed by atoms with van der Waals surface area (Å²) in [6.45, 7) is 1.35. The number of alkyl halides is 3. The van der Waals surface area contributed by atoms with Crippen molar-refractivity contribution in [3.05, 3.63) is 52.7 Å². The molecule has 1 amide bonds. The smallest absolute Gasteiger partial charge is 0.417 e. The van der Waals surface area contributed by atoms with Gasteiger partial charge in [-0.05, 0) is 37.3 Å². The third-order valence-electron chi connectivity index (χ3n) is 3.21. The lowest BCUT2D eigenvalue weighted by Crippen LogP contribution is -2.30. The highest BCUT2D eigenvalue weighted by Crippen LogP contribution is 2.34. The maximum absolute atomic E-state index is 13.0. The number of hydrogen-bond acceptors (Lipinski definition) is 5. The lowest BCUT2D eigenvalue weighted by Gasteiger charge is -2.14. The van der Waals surface area contributed by atoms with Crippen molar-refractivity contribution in [2.24, 2.45) is 0 Å². The van der Waals surface area contributed by atoms with E-state index in [0.717, 1.165) is 6.07 Å². The predicted molar refractivity (Wildman–Crippen MR) is 82.8 cm³/mol. The number of benzene rings is 1. The maximum Gasteiger partial charge on any atom is 0.417 e. The van der Waals surface area contributed by atoms with E-state index in [-0.39, 0.29) is 17.1 Å². The van der Waals surface area contributed by atoms with Gasteiger partial charge in [-0.1, -0.05) is 0 Å². The highest BCUT2D eigenvalue weighted by Gasteiger charge is 2.35. The molecule has 1 aromatic heterocycles. The van der Waals surface area contributed by atoms with Crippen LogP contribution in [0.4, 0.5) is 19.0 Å². The van der Waals surface area contributed by atoms with Crippen LogP contribution in [0.25, 0.3) is 0 Å². The maximum atomic E-state index is 13.0. The number of amides is 1. The molecule has 2 N–H and O–H groups in total. The number of anilines is 1. The van der Waals surface area contributed by atoms with Crippen molar-refractivity contribution in [1.82, 2.24) is 10.4 Å². The van der Waals surface area contributed by atoms with Gasteiger partial charge in [-0.25, -0.2) is 4.98 Å². The predicted octanol–water partition coefficient (Wildman–Crippen LogP) is 3.05. The number of nitrogens with zero attached hydrogens (tertiary/aromatic N) is 2. The molecule has 0 unspecified atom stereocenters. The van der Waals surface area contributed by atoms with E-state index in [9.17, 15) is 18.0 Å². The molecule has 9 heteroatoms. The second-order valence-electron chi connectivity index (χ2n) is 4.95. The Bertz CT molecular complexity index is 827. The van der Waals surface area contributed by atoms with Gasteiger partial charge in [0.15, 0.2) is 5.82 Å². The molecule has 0 aliphatic rings. The van der Waals surface area contributed by atoms with Crippen LogP contribution in [-0.2, 0) is 6.18 Å². The average molecular weight is 350 g/mol. The van der Waals surface area contributed by atoms with Gasteiger partial charge in [-0.3, -0.25) is 15.6 Å². The first-order valence-electron chi connectivity index (χ1n) is 6.95. The number of hydrazine groups is 1. The second kappa shape index (κ2) is 7.09. The molecule has 0 radical (unpaired) electrons. The summed E-state index contributed by atoms with van der Waals surface area (Å²) >= 11 is 0. The van der Waals surface area contributed by atoms with Crippen molar-refractivity contribution in [1.29, 1.82) is 5.26 Å². The molecule has 6 nitrogen and oxygen atoms in total. The summed E-state index contributed by atoms with van der Waals surface area (Å²) in [6.07, 6.45) is -4.71. The van der Waals surface area contributed by atoms with Crippen LogP contribution in [0.1, 0.15) is 27.2 Å². The number of halogens is 3. The van der Waals surface area contributed by atoms with Crippen molar-refractivity contribution in [2.45, 2.75) is 13.1 Å². The Morgan fingerprint density at radius 2 is 1.92 bits per heavy atom. The van der Waals surface area contributed by atoms with Gasteiger partial charge >= 0.3 is 6.18 Å². The number of aryl methyl sites for hydroxylation is 1. The summed E-state index contributed by atoms with van der Waals surface area (Å²) in [5.41, 5.74) is 2.97. The molecule has 0 atom stereocenters. The summed E-state index contributed by atoms with van der Waals surface area (Å²) in [5.74, 6) is -0.438. The van der Waals surface area contributed by atoms with Crippen molar-refractivity contribution >= 4 is 11.7 Å². The van der Waals surface area contributed by atoms with E-state index in [1.807, 2.05) is 0 Å². The van der Waals surface area contributed by atoms with Crippen LogP contribution < -0.4 is 15.6 Å². The van der Waals surface area contributed by atoms with Crippen LogP contribution >= 0.6 is 0 Å². The van der Waals surface area contributed by atoms with Crippen molar-refractivity contribution < 1.29 is 22.7 Å². The number of nitriles is 1. The molecule has 0 saturated heterocycles. The quantitative estimate of drug-likeness (QED) is 0.828. The fourth-order valence-corrected chi connectivity index (χ4v) is 2.03. The molecule has 0 spiro atoms. The highest BCUT2D eigenvalue weighted by atomic mass is 19.4. The Hall–Kier alpha value is -3.28. The Labute approximate surface area is 141 Å². The zero-order valence-electron chi connectivity index (χ0n) is 13.2. The largest absolute Gasteiger partial charge is 0.497 e. The lowest BCUT2D eigenvalue weighted by molar-refractivity contribution is -0.137. The van der Waals surface area contributed by atoms with E-state index in [1.165, 1.54) is 32.2 Å². The second-order valence-corrected chi connectivity index (χ2v) is 4.95. The van der Waals surface area contributed by atoms with Gasteiger partial charge in [0.1, 0.15) is 17.4 Å². The van der Waals surface area contributed by atoms with Crippen molar-refractivity contribution in [3.8, 4) is 11.8 Å². The molecule has 130 valence electrons. The summed E-state index contributed by atoms with van der Waals surface area (Å²) in [4.78, 5) is 15.9. The summed E-state index contributed by atoms with van der Waals surface area (Å²) in [5, 5.41) is 9.04. The molecule has 0 fully saturated rings. The van der Waals surface area contributed by atoms with Crippen LogP contribution in [0.2, 0.25) is 0 Å². The number of carbonyl (C=O) groups excluding carboxylic acids is 1. The number of nitrogens with one attached hydrogen (secondary N) is 2. The number of carbonyl (C=O) groups is 1. The fourth-order valence-electron chi connectivity index (χ4n) is 2.03. The number of methoxy groups -OCH3 is 1. The summed E-state index contributed by atoms with van der Waals surface area (Å²) < 4.78 is 44.0. The molecule has 25 heavy (non-hydrogen) atoms. The van der Waals surface area contributed by atoms with Crippen LogP contribution in [0.3, 0.4) is 0 Å². The highest BCUT2D eigenvalue weighted by molar-refractivity contribution is 5.95. The van der Waals surface area contributed by atoms with Crippen LogP contribution in [0.15, 0.2) is 30.3 Å².